The van der Waals surface area contributed by atoms with Gasteiger partial charge in [-0.15, -0.1) is 0 Å². The number of carbonyl (C=O) groups is 1. The number of carbonyl (C=O) groups excluding carboxylic acids is 1. The molecule has 22 heavy (non-hydrogen) atoms. The minimum absolute atomic E-state index is 0.771. The Hall–Kier alpha value is -2.93. The number of hydrogen-bond acceptors (Lipinski definition) is 1. The summed E-state index contributed by atoms with van der Waals surface area (Å²) in [5.74, 6) is 0. The molecule has 1 nitrogen and oxygen atoms in total. The fraction of sp³-hybridized carbons (Fsp3) is 0. The van der Waals surface area contributed by atoms with Crippen molar-refractivity contribution in [2.24, 2.45) is 0 Å². The van der Waals surface area contributed by atoms with E-state index in [9.17, 15) is 4.79 Å². The second-order valence-electron chi connectivity index (χ2n) is 4.64. The third kappa shape index (κ3) is 5.22. The van der Waals surface area contributed by atoms with E-state index in [0.717, 1.165) is 11.8 Å². The van der Waals surface area contributed by atoms with E-state index in [4.69, 9.17) is 0 Å². The van der Waals surface area contributed by atoms with E-state index in [0.29, 0.717) is 0 Å². The van der Waals surface area contributed by atoms with Crippen LogP contribution in [0.1, 0.15) is 5.56 Å². The lowest BCUT2D eigenvalue weighted by atomic mass is 10.1. The highest BCUT2D eigenvalue weighted by Gasteiger charge is 1.91. The second kappa shape index (κ2) is 9.09. The Kier molecular flexibility index (Phi) is 6.39. The van der Waals surface area contributed by atoms with Gasteiger partial charge in [0.2, 0.25) is 0 Å². The number of allylic oxidation sites excluding steroid dienone is 1. The van der Waals surface area contributed by atoms with Crippen molar-refractivity contribution in [3.05, 3.63) is 103 Å². The Morgan fingerprint density at radius 3 is 1.36 bits per heavy atom. The van der Waals surface area contributed by atoms with Gasteiger partial charge in [-0.2, -0.15) is 0 Å². The van der Waals surface area contributed by atoms with Crippen LogP contribution in [0.3, 0.4) is 0 Å². The molecule has 0 aliphatic heterocycles. The molecule has 3 aromatic carbocycles. The summed E-state index contributed by atoms with van der Waals surface area (Å²) in [6.45, 7) is 0. The molecule has 0 aliphatic rings. The van der Waals surface area contributed by atoms with Crippen LogP contribution in [0.4, 0.5) is 0 Å². The first kappa shape index (κ1) is 15.5. The first-order chi connectivity index (χ1) is 10.9. The third-order valence-corrected chi connectivity index (χ3v) is 3.05. The Labute approximate surface area is 131 Å². The highest BCUT2D eigenvalue weighted by molar-refractivity contribution is 5.73. The normalized spacial score (nSPS) is 9.82. The molecule has 0 spiro atoms. The predicted molar refractivity (Wildman–Crippen MR) is 93.4 cm³/mol. The van der Waals surface area contributed by atoms with Gasteiger partial charge in [0.05, 0.1) is 0 Å². The van der Waals surface area contributed by atoms with Crippen molar-refractivity contribution in [3.8, 4) is 11.1 Å². The summed E-state index contributed by atoms with van der Waals surface area (Å²) >= 11 is 0. The Morgan fingerprint density at radius 2 is 0.955 bits per heavy atom. The molecule has 0 fully saturated rings. The van der Waals surface area contributed by atoms with Crippen LogP contribution < -0.4 is 0 Å². The maximum Gasteiger partial charge on any atom is 0.142 e. The molecule has 0 radical (unpaired) electrons. The molecule has 0 aliphatic carbocycles. The van der Waals surface area contributed by atoms with E-state index in [2.05, 4.69) is 48.5 Å². The molecule has 0 bridgehead atoms. The SMILES string of the molecule is O=C/C=C\c1ccccc1.c1ccc(-c2ccccc2)cc1. The smallest absolute Gasteiger partial charge is 0.142 e. The predicted octanol–water partition coefficient (Wildman–Crippen LogP) is 5.25. The fourth-order valence-electron chi connectivity index (χ4n) is 1.98. The van der Waals surface area contributed by atoms with E-state index in [1.807, 2.05) is 42.5 Å². The molecule has 0 N–H and O–H groups in total. The highest BCUT2D eigenvalue weighted by Crippen LogP contribution is 2.17. The lowest BCUT2D eigenvalue weighted by Gasteiger charge is -1.98. The van der Waals surface area contributed by atoms with Crippen molar-refractivity contribution in [2.75, 3.05) is 0 Å². The van der Waals surface area contributed by atoms with Gasteiger partial charge in [-0.25, -0.2) is 0 Å². The average Bonchev–Trinajstić information content (AvgIpc) is 2.63. The van der Waals surface area contributed by atoms with E-state index in [1.54, 1.807) is 6.08 Å². The summed E-state index contributed by atoms with van der Waals surface area (Å²) < 4.78 is 0. The van der Waals surface area contributed by atoms with E-state index < -0.39 is 0 Å². The molecule has 108 valence electrons. The second-order valence-corrected chi connectivity index (χ2v) is 4.64. The fourth-order valence-corrected chi connectivity index (χ4v) is 1.98. The Morgan fingerprint density at radius 1 is 0.545 bits per heavy atom. The average molecular weight is 286 g/mol. The van der Waals surface area contributed by atoms with Gasteiger partial charge in [-0.1, -0.05) is 97.1 Å². The van der Waals surface area contributed by atoms with Crippen LogP contribution in [-0.2, 0) is 4.79 Å². The molecule has 0 aromatic heterocycles. The molecule has 0 heterocycles. The van der Waals surface area contributed by atoms with Crippen molar-refractivity contribution in [1.29, 1.82) is 0 Å². The number of rotatable bonds is 3. The van der Waals surface area contributed by atoms with Crippen molar-refractivity contribution in [1.82, 2.24) is 0 Å². The zero-order valence-electron chi connectivity index (χ0n) is 12.3. The van der Waals surface area contributed by atoms with Crippen LogP contribution in [0.25, 0.3) is 17.2 Å². The van der Waals surface area contributed by atoms with Crippen molar-refractivity contribution in [2.45, 2.75) is 0 Å². The molecule has 0 saturated heterocycles. The zero-order valence-corrected chi connectivity index (χ0v) is 12.3. The summed E-state index contributed by atoms with van der Waals surface area (Å²) in [4.78, 5) is 9.89. The maximum absolute atomic E-state index is 9.89. The molecule has 1 heteroatoms. The molecule has 3 rings (SSSR count). The van der Waals surface area contributed by atoms with Gasteiger partial charge < -0.3 is 0 Å². The first-order valence-electron chi connectivity index (χ1n) is 7.17. The highest BCUT2D eigenvalue weighted by atomic mass is 16.1. The van der Waals surface area contributed by atoms with E-state index in [1.165, 1.54) is 17.2 Å². The van der Waals surface area contributed by atoms with Gasteiger partial charge in [0, 0.05) is 0 Å². The lowest BCUT2D eigenvalue weighted by Crippen LogP contribution is -1.73. The topological polar surface area (TPSA) is 17.1 Å². The molecule has 0 saturated carbocycles. The van der Waals surface area contributed by atoms with Crippen molar-refractivity contribution < 1.29 is 4.79 Å². The minimum Gasteiger partial charge on any atom is -0.299 e. The van der Waals surface area contributed by atoms with Crippen LogP contribution in [0.5, 0.6) is 0 Å². The van der Waals surface area contributed by atoms with Gasteiger partial charge >= 0.3 is 0 Å². The van der Waals surface area contributed by atoms with Gasteiger partial charge in [0.1, 0.15) is 6.29 Å². The summed E-state index contributed by atoms with van der Waals surface area (Å²) in [5, 5.41) is 0. The Balaban J connectivity index is 0.000000164. The monoisotopic (exact) mass is 286 g/mol. The van der Waals surface area contributed by atoms with Crippen LogP contribution in [0.2, 0.25) is 0 Å². The maximum atomic E-state index is 9.89. The molecule has 0 amide bonds. The van der Waals surface area contributed by atoms with Crippen molar-refractivity contribution in [3.63, 3.8) is 0 Å². The molecule has 3 aromatic rings. The van der Waals surface area contributed by atoms with E-state index >= 15 is 0 Å². The molecular formula is C21H18O. The number of hydrogen-bond donors (Lipinski definition) is 0. The summed E-state index contributed by atoms with van der Waals surface area (Å²) in [7, 11) is 0. The van der Waals surface area contributed by atoms with Crippen LogP contribution in [-0.4, -0.2) is 6.29 Å². The number of benzene rings is 3. The standard InChI is InChI=1S/C12H10.C9H8O/c1-3-7-11(8-4-1)12-9-5-2-6-10-12;10-8-4-7-9-5-2-1-3-6-9/h1-10H;1-8H/b;7-4-. The molecule has 0 atom stereocenters. The van der Waals surface area contributed by atoms with Gasteiger partial charge in [-0.05, 0) is 22.8 Å². The number of aldehydes is 1. The minimum atomic E-state index is 0.771. The van der Waals surface area contributed by atoms with Crippen LogP contribution in [0.15, 0.2) is 97.1 Å². The van der Waals surface area contributed by atoms with Crippen LogP contribution in [0, 0.1) is 0 Å². The summed E-state index contributed by atoms with van der Waals surface area (Å²) in [6.07, 6.45) is 4.02. The van der Waals surface area contributed by atoms with E-state index in [-0.39, 0.29) is 0 Å². The summed E-state index contributed by atoms with van der Waals surface area (Å²) in [5.41, 5.74) is 3.60. The molecule has 0 unspecified atom stereocenters. The largest absolute Gasteiger partial charge is 0.299 e. The van der Waals surface area contributed by atoms with Gasteiger partial charge in [0.15, 0.2) is 0 Å². The Bertz CT molecular complexity index is 648. The summed E-state index contributed by atoms with van der Waals surface area (Å²) in [6, 6.07) is 30.5. The first-order valence-corrected chi connectivity index (χ1v) is 7.17. The quantitative estimate of drug-likeness (QED) is 0.474. The zero-order chi connectivity index (χ0) is 15.5. The lowest BCUT2D eigenvalue weighted by molar-refractivity contribution is -0.104. The van der Waals surface area contributed by atoms with Gasteiger partial charge in [0.25, 0.3) is 0 Å². The van der Waals surface area contributed by atoms with Crippen LogP contribution >= 0.6 is 0 Å². The van der Waals surface area contributed by atoms with Crippen molar-refractivity contribution >= 4 is 12.4 Å². The van der Waals surface area contributed by atoms with Gasteiger partial charge in [-0.3, -0.25) is 4.79 Å². The third-order valence-electron chi connectivity index (χ3n) is 3.05. The molecular weight excluding hydrogens is 268 g/mol.